The molecule has 5 nitrogen and oxygen atoms in total. The van der Waals surface area contributed by atoms with Crippen molar-refractivity contribution in [3.63, 3.8) is 0 Å². The molecule has 2 aliphatic rings. The van der Waals surface area contributed by atoms with Crippen LogP contribution in [0.25, 0.3) is 0 Å². The zero-order chi connectivity index (χ0) is 17.1. The van der Waals surface area contributed by atoms with Crippen LogP contribution in [0.5, 0.6) is 0 Å². The van der Waals surface area contributed by atoms with E-state index in [0.717, 1.165) is 31.2 Å². The summed E-state index contributed by atoms with van der Waals surface area (Å²) < 4.78 is 12.9. The van der Waals surface area contributed by atoms with Gasteiger partial charge >= 0.3 is 5.97 Å². The SMILES string of the molecule is O=C(CN1[C@@H]2CCCC[C@H]2C[C@H]1C(=O)O)NCc1ccc(F)cc1. The van der Waals surface area contributed by atoms with Crippen LogP contribution in [0.15, 0.2) is 24.3 Å². The summed E-state index contributed by atoms with van der Waals surface area (Å²) in [6.07, 6.45) is 4.92. The number of carbonyl (C=O) groups excluding carboxylic acids is 1. The average Bonchev–Trinajstić information content (AvgIpc) is 2.93. The molecule has 1 heterocycles. The summed E-state index contributed by atoms with van der Waals surface area (Å²) >= 11 is 0. The topological polar surface area (TPSA) is 69.6 Å². The highest BCUT2D eigenvalue weighted by atomic mass is 19.1. The molecule has 1 aromatic rings. The minimum Gasteiger partial charge on any atom is -0.480 e. The number of rotatable bonds is 5. The van der Waals surface area contributed by atoms with Crippen LogP contribution in [-0.2, 0) is 16.1 Å². The van der Waals surface area contributed by atoms with Gasteiger partial charge < -0.3 is 10.4 Å². The molecule has 0 bridgehead atoms. The summed E-state index contributed by atoms with van der Waals surface area (Å²) in [6.45, 7) is 0.429. The van der Waals surface area contributed by atoms with Crippen LogP contribution >= 0.6 is 0 Å². The van der Waals surface area contributed by atoms with Gasteiger partial charge in [-0.15, -0.1) is 0 Å². The summed E-state index contributed by atoms with van der Waals surface area (Å²) in [5, 5.41) is 12.3. The molecule has 1 aromatic carbocycles. The van der Waals surface area contributed by atoms with E-state index in [9.17, 15) is 19.1 Å². The molecule has 2 fully saturated rings. The lowest BCUT2D eigenvalue weighted by atomic mass is 9.85. The molecular weight excluding hydrogens is 311 g/mol. The Morgan fingerprint density at radius 1 is 1.21 bits per heavy atom. The van der Waals surface area contributed by atoms with Gasteiger partial charge in [-0.25, -0.2) is 4.39 Å². The first kappa shape index (κ1) is 16.9. The number of likely N-dealkylation sites (tertiary alicyclic amines) is 1. The zero-order valence-corrected chi connectivity index (χ0v) is 13.6. The summed E-state index contributed by atoms with van der Waals surface area (Å²) in [6, 6.07) is 5.61. The predicted molar refractivity (Wildman–Crippen MR) is 86.7 cm³/mol. The monoisotopic (exact) mass is 334 g/mol. The Bertz CT molecular complexity index is 605. The fourth-order valence-corrected chi connectivity index (χ4v) is 4.05. The van der Waals surface area contributed by atoms with Crippen LogP contribution in [0.3, 0.4) is 0 Å². The second kappa shape index (κ2) is 7.30. The minimum atomic E-state index is -0.837. The number of hydrogen-bond acceptors (Lipinski definition) is 3. The van der Waals surface area contributed by atoms with E-state index in [1.165, 1.54) is 12.1 Å². The smallest absolute Gasteiger partial charge is 0.320 e. The quantitative estimate of drug-likeness (QED) is 0.866. The third-order valence-electron chi connectivity index (χ3n) is 5.24. The van der Waals surface area contributed by atoms with Crippen LogP contribution in [0.4, 0.5) is 4.39 Å². The van der Waals surface area contributed by atoms with Crippen LogP contribution < -0.4 is 5.32 Å². The van der Waals surface area contributed by atoms with Gasteiger partial charge in [0.2, 0.25) is 5.91 Å². The molecule has 3 atom stereocenters. The zero-order valence-electron chi connectivity index (χ0n) is 13.6. The Balaban J connectivity index is 1.59. The maximum Gasteiger partial charge on any atom is 0.320 e. The second-order valence-corrected chi connectivity index (χ2v) is 6.78. The number of carbonyl (C=O) groups is 2. The van der Waals surface area contributed by atoms with Crippen molar-refractivity contribution in [2.75, 3.05) is 6.54 Å². The number of aliphatic carboxylic acids is 1. The number of halogens is 1. The molecule has 3 rings (SSSR count). The van der Waals surface area contributed by atoms with E-state index >= 15 is 0 Å². The highest BCUT2D eigenvalue weighted by Crippen LogP contribution is 2.39. The normalized spacial score (nSPS) is 26.8. The molecule has 1 aliphatic carbocycles. The van der Waals surface area contributed by atoms with Crippen molar-refractivity contribution in [2.24, 2.45) is 5.92 Å². The third kappa shape index (κ3) is 3.75. The number of hydrogen-bond donors (Lipinski definition) is 2. The Morgan fingerprint density at radius 2 is 1.92 bits per heavy atom. The number of nitrogens with zero attached hydrogens (tertiary/aromatic N) is 1. The van der Waals surface area contributed by atoms with Crippen LogP contribution in [-0.4, -0.2) is 40.5 Å². The first-order valence-corrected chi connectivity index (χ1v) is 8.54. The summed E-state index contributed by atoms with van der Waals surface area (Å²) in [5.41, 5.74) is 0.816. The van der Waals surface area contributed by atoms with Gasteiger partial charge in [0.15, 0.2) is 0 Å². The van der Waals surface area contributed by atoms with Gasteiger partial charge in [-0.1, -0.05) is 25.0 Å². The van der Waals surface area contributed by atoms with Gasteiger partial charge in [-0.05, 0) is 42.9 Å². The maximum atomic E-state index is 12.9. The molecule has 0 radical (unpaired) electrons. The summed E-state index contributed by atoms with van der Waals surface area (Å²) in [7, 11) is 0. The van der Waals surface area contributed by atoms with Gasteiger partial charge in [0.25, 0.3) is 0 Å². The Morgan fingerprint density at radius 3 is 2.62 bits per heavy atom. The van der Waals surface area contributed by atoms with Crippen LogP contribution in [0.2, 0.25) is 0 Å². The van der Waals surface area contributed by atoms with Gasteiger partial charge in [0, 0.05) is 12.6 Å². The highest BCUT2D eigenvalue weighted by Gasteiger charge is 2.45. The lowest BCUT2D eigenvalue weighted by Gasteiger charge is -2.32. The standard InChI is InChI=1S/C18H23FN2O3/c19-14-7-5-12(6-8-14)10-20-17(22)11-21-15-4-2-1-3-13(15)9-16(21)18(23)24/h5-8,13,15-16H,1-4,9-11H2,(H,20,22)(H,23,24)/t13-,15+,16-/m0/s1. The minimum absolute atomic E-state index is 0.110. The van der Waals surface area contributed by atoms with Crippen molar-refractivity contribution in [3.8, 4) is 0 Å². The fourth-order valence-electron chi connectivity index (χ4n) is 4.05. The fraction of sp³-hybridized carbons (Fsp3) is 0.556. The Labute approximate surface area is 140 Å². The van der Waals surface area contributed by atoms with E-state index in [0.29, 0.717) is 18.9 Å². The molecule has 1 aliphatic heterocycles. The first-order valence-electron chi connectivity index (χ1n) is 8.54. The number of carboxylic acids is 1. The lowest BCUT2D eigenvalue weighted by Crippen LogP contribution is -2.47. The Hall–Kier alpha value is -1.95. The Kier molecular flexibility index (Phi) is 5.14. The average molecular weight is 334 g/mol. The lowest BCUT2D eigenvalue weighted by molar-refractivity contribution is -0.143. The predicted octanol–water partition coefficient (Wildman–Crippen LogP) is 2.16. The molecule has 0 aromatic heterocycles. The number of nitrogens with one attached hydrogen (secondary N) is 1. The largest absolute Gasteiger partial charge is 0.480 e. The summed E-state index contributed by atoms with van der Waals surface area (Å²) in [4.78, 5) is 25.7. The highest BCUT2D eigenvalue weighted by molar-refractivity contribution is 5.80. The molecule has 1 saturated heterocycles. The van der Waals surface area contributed by atoms with Crippen molar-refractivity contribution < 1.29 is 19.1 Å². The van der Waals surface area contributed by atoms with Gasteiger partial charge in [-0.3, -0.25) is 14.5 Å². The molecule has 130 valence electrons. The van der Waals surface area contributed by atoms with Gasteiger partial charge in [-0.2, -0.15) is 0 Å². The van der Waals surface area contributed by atoms with Crippen molar-refractivity contribution in [1.82, 2.24) is 10.2 Å². The molecule has 1 saturated carbocycles. The molecule has 2 N–H and O–H groups in total. The molecule has 0 spiro atoms. The number of amides is 1. The second-order valence-electron chi connectivity index (χ2n) is 6.78. The van der Waals surface area contributed by atoms with E-state index in [4.69, 9.17) is 0 Å². The molecular formula is C18H23FN2O3. The molecule has 1 amide bonds. The third-order valence-corrected chi connectivity index (χ3v) is 5.24. The molecule has 24 heavy (non-hydrogen) atoms. The maximum absolute atomic E-state index is 12.9. The van der Waals surface area contributed by atoms with Crippen molar-refractivity contribution in [3.05, 3.63) is 35.6 Å². The first-order chi connectivity index (χ1) is 11.5. The van der Waals surface area contributed by atoms with E-state index in [2.05, 4.69) is 5.32 Å². The van der Waals surface area contributed by atoms with Crippen LogP contribution in [0.1, 0.15) is 37.7 Å². The van der Waals surface area contributed by atoms with Crippen LogP contribution in [0, 0.1) is 11.7 Å². The number of benzene rings is 1. The van der Waals surface area contributed by atoms with E-state index in [1.54, 1.807) is 12.1 Å². The van der Waals surface area contributed by atoms with E-state index in [-0.39, 0.29) is 24.3 Å². The number of carboxylic acid groups (broad SMARTS) is 1. The van der Waals surface area contributed by atoms with Crippen molar-refractivity contribution >= 4 is 11.9 Å². The molecule has 6 heteroatoms. The van der Waals surface area contributed by atoms with E-state index in [1.807, 2.05) is 4.90 Å². The van der Waals surface area contributed by atoms with Crippen molar-refractivity contribution in [2.45, 2.75) is 50.7 Å². The molecule has 0 unspecified atom stereocenters. The van der Waals surface area contributed by atoms with Crippen molar-refractivity contribution in [1.29, 1.82) is 0 Å². The van der Waals surface area contributed by atoms with Gasteiger partial charge in [0.1, 0.15) is 11.9 Å². The number of fused-ring (bicyclic) bond motifs is 1. The summed E-state index contributed by atoms with van der Waals surface area (Å²) in [5.74, 6) is -0.938. The van der Waals surface area contributed by atoms with Gasteiger partial charge in [0.05, 0.1) is 6.54 Å². The van der Waals surface area contributed by atoms with E-state index < -0.39 is 12.0 Å².